The number of nitrogens with zero attached hydrogens (tertiary/aromatic N) is 1. The first-order valence-electron chi connectivity index (χ1n) is 9.35. The molecule has 1 aliphatic heterocycles. The number of likely N-dealkylation sites (N-methyl/N-ethyl adjacent to an activating group) is 1. The van der Waals surface area contributed by atoms with Crippen molar-refractivity contribution < 1.29 is 35.9 Å². The number of rotatable bonds is 5. The van der Waals surface area contributed by atoms with Gasteiger partial charge in [0.1, 0.15) is 5.75 Å². The molecular formula is C20H20F3N3O5S. The average Bonchev–Trinajstić information content (AvgIpc) is 2.68. The van der Waals surface area contributed by atoms with Gasteiger partial charge in [-0.25, -0.2) is 8.42 Å². The Hall–Kier alpha value is -3.12. The van der Waals surface area contributed by atoms with E-state index in [-0.39, 0.29) is 22.1 Å². The van der Waals surface area contributed by atoms with Gasteiger partial charge in [0, 0.05) is 13.1 Å². The lowest BCUT2D eigenvalue weighted by Gasteiger charge is -2.25. The summed E-state index contributed by atoms with van der Waals surface area (Å²) in [5.74, 6) is -1.17. The molecule has 0 saturated heterocycles. The maximum Gasteiger partial charge on any atom is 0.418 e. The molecule has 1 heterocycles. The normalized spacial score (nSPS) is 16.2. The molecule has 2 aromatic rings. The molecule has 0 spiro atoms. The Morgan fingerprint density at radius 3 is 2.56 bits per heavy atom. The number of hydrogen-bond donors (Lipinski definition) is 2. The fourth-order valence-corrected chi connectivity index (χ4v) is 4.45. The van der Waals surface area contributed by atoms with Gasteiger partial charge in [0.2, 0.25) is 15.9 Å². The predicted molar refractivity (Wildman–Crippen MR) is 110 cm³/mol. The Morgan fingerprint density at radius 2 is 1.91 bits per heavy atom. The zero-order valence-electron chi connectivity index (χ0n) is 17.3. The maximum absolute atomic E-state index is 13.1. The number of ether oxygens (including phenoxy) is 1. The van der Waals surface area contributed by atoms with Crippen LogP contribution in [0, 0.1) is 6.92 Å². The van der Waals surface area contributed by atoms with Crippen LogP contribution in [0.2, 0.25) is 0 Å². The number of fused-ring (bicyclic) bond motifs is 1. The lowest BCUT2D eigenvalue weighted by atomic mass is 10.1. The van der Waals surface area contributed by atoms with E-state index in [9.17, 15) is 31.2 Å². The van der Waals surface area contributed by atoms with Gasteiger partial charge in [-0.2, -0.15) is 17.5 Å². The van der Waals surface area contributed by atoms with Crippen LogP contribution < -0.4 is 15.4 Å². The van der Waals surface area contributed by atoms with Gasteiger partial charge in [-0.3, -0.25) is 9.59 Å². The third kappa shape index (κ3) is 4.70. The van der Waals surface area contributed by atoms with E-state index in [1.54, 1.807) is 0 Å². The average molecular weight is 471 g/mol. The standard InChI is InChI=1S/C20H20F3N3O5S/c1-11-8-15-16(31-12(2)19(28)25-15)9-17(11)32(29,30)26(3)10-18(27)24-14-7-5-4-6-13(14)20(21,22)23/h4-9,12H,10H2,1-3H3,(H,24,27)(H,25,28)/t12-/m0/s1. The smallest absolute Gasteiger partial charge is 0.418 e. The molecule has 2 N–H and O–H groups in total. The second kappa shape index (κ2) is 8.43. The second-order valence-electron chi connectivity index (χ2n) is 7.22. The molecule has 0 radical (unpaired) electrons. The quantitative estimate of drug-likeness (QED) is 0.698. The summed E-state index contributed by atoms with van der Waals surface area (Å²) in [6, 6.07) is 7.06. The number of carbonyl (C=O) groups is 2. The summed E-state index contributed by atoms with van der Waals surface area (Å²) < 4.78 is 71.5. The van der Waals surface area contributed by atoms with E-state index in [1.807, 2.05) is 0 Å². The van der Waals surface area contributed by atoms with Crippen LogP contribution in [0.4, 0.5) is 24.5 Å². The molecule has 0 saturated carbocycles. The van der Waals surface area contributed by atoms with Gasteiger partial charge in [-0.15, -0.1) is 0 Å². The summed E-state index contributed by atoms with van der Waals surface area (Å²) in [6.45, 7) is 2.28. The molecule has 0 aromatic heterocycles. The Bertz CT molecular complexity index is 1180. The molecule has 3 rings (SSSR count). The first kappa shape index (κ1) is 23.5. The summed E-state index contributed by atoms with van der Waals surface area (Å²) in [7, 11) is -3.07. The zero-order valence-corrected chi connectivity index (χ0v) is 18.1. The Morgan fingerprint density at radius 1 is 1.25 bits per heavy atom. The minimum Gasteiger partial charge on any atom is -0.479 e. The van der Waals surface area contributed by atoms with Crippen LogP contribution in [0.15, 0.2) is 41.3 Å². The number of hydrogen-bond acceptors (Lipinski definition) is 5. The van der Waals surface area contributed by atoms with Crippen LogP contribution >= 0.6 is 0 Å². The van der Waals surface area contributed by atoms with E-state index in [2.05, 4.69) is 10.6 Å². The summed E-state index contributed by atoms with van der Waals surface area (Å²) >= 11 is 0. The van der Waals surface area contributed by atoms with Gasteiger partial charge in [-0.1, -0.05) is 12.1 Å². The van der Waals surface area contributed by atoms with Crippen LogP contribution in [0.5, 0.6) is 5.75 Å². The summed E-state index contributed by atoms with van der Waals surface area (Å²) in [4.78, 5) is 23.9. The minimum atomic E-state index is -4.69. The van der Waals surface area contributed by atoms with Crippen molar-refractivity contribution in [2.75, 3.05) is 24.2 Å². The zero-order chi connectivity index (χ0) is 23.8. The Labute approximate surface area is 182 Å². The molecule has 1 aliphatic rings. The number of aryl methyl sites for hydroxylation is 1. The molecule has 0 unspecified atom stereocenters. The molecule has 2 aromatic carbocycles. The van der Waals surface area contributed by atoms with E-state index in [0.717, 1.165) is 23.5 Å². The van der Waals surface area contributed by atoms with E-state index < -0.39 is 46.0 Å². The maximum atomic E-state index is 13.1. The number of amides is 2. The molecule has 0 fully saturated rings. The van der Waals surface area contributed by atoms with Crippen molar-refractivity contribution in [3.8, 4) is 5.75 Å². The Kier molecular flexibility index (Phi) is 6.20. The van der Waals surface area contributed by atoms with Gasteiger partial charge in [0.25, 0.3) is 5.91 Å². The topological polar surface area (TPSA) is 105 Å². The van der Waals surface area contributed by atoms with Crippen LogP contribution in [0.25, 0.3) is 0 Å². The fourth-order valence-electron chi connectivity index (χ4n) is 3.10. The lowest BCUT2D eigenvalue weighted by Crippen LogP contribution is -2.36. The van der Waals surface area contributed by atoms with Crippen LogP contribution in [-0.2, 0) is 25.8 Å². The number of anilines is 2. The van der Waals surface area contributed by atoms with Crippen molar-refractivity contribution in [1.29, 1.82) is 0 Å². The van der Waals surface area contributed by atoms with Gasteiger partial charge in [-0.05, 0) is 37.6 Å². The molecule has 12 heteroatoms. The molecular weight excluding hydrogens is 451 g/mol. The highest BCUT2D eigenvalue weighted by Gasteiger charge is 2.34. The van der Waals surface area contributed by atoms with Crippen LogP contribution in [-0.4, -0.2) is 44.2 Å². The molecule has 0 bridgehead atoms. The fraction of sp³-hybridized carbons (Fsp3) is 0.300. The molecule has 0 aliphatic carbocycles. The summed E-state index contributed by atoms with van der Waals surface area (Å²) in [6.07, 6.45) is -5.51. The van der Waals surface area contributed by atoms with Crippen molar-refractivity contribution in [3.63, 3.8) is 0 Å². The van der Waals surface area contributed by atoms with Crippen LogP contribution in [0.3, 0.4) is 0 Å². The number of benzene rings is 2. The third-order valence-corrected chi connectivity index (χ3v) is 6.71. The predicted octanol–water partition coefficient (Wildman–Crippen LogP) is 2.99. The van der Waals surface area contributed by atoms with Gasteiger partial charge < -0.3 is 15.4 Å². The highest BCUT2D eigenvalue weighted by molar-refractivity contribution is 7.89. The molecule has 8 nitrogen and oxygen atoms in total. The van der Waals surface area contributed by atoms with Gasteiger partial charge >= 0.3 is 6.18 Å². The van der Waals surface area contributed by atoms with E-state index in [1.165, 1.54) is 38.1 Å². The van der Waals surface area contributed by atoms with Gasteiger partial charge in [0.05, 0.1) is 28.4 Å². The van der Waals surface area contributed by atoms with E-state index in [0.29, 0.717) is 5.69 Å². The number of nitrogens with one attached hydrogen (secondary N) is 2. The molecule has 2 amide bonds. The minimum absolute atomic E-state index is 0.151. The van der Waals surface area contributed by atoms with E-state index >= 15 is 0 Å². The van der Waals surface area contributed by atoms with Crippen molar-refractivity contribution >= 4 is 33.2 Å². The lowest BCUT2D eigenvalue weighted by molar-refractivity contribution is -0.137. The number of sulfonamides is 1. The van der Waals surface area contributed by atoms with Crippen molar-refractivity contribution in [2.45, 2.75) is 31.0 Å². The van der Waals surface area contributed by atoms with Crippen molar-refractivity contribution in [1.82, 2.24) is 4.31 Å². The Balaban J connectivity index is 1.81. The monoisotopic (exact) mass is 471 g/mol. The molecule has 172 valence electrons. The van der Waals surface area contributed by atoms with Crippen molar-refractivity contribution in [2.24, 2.45) is 0 Å². The highest BCUT2D eigenvalue weighted by atomic mass is 32.2. The number of carbonyl (C=O) groups excluding carboxylic acids is 2. The number of para-hydroxylation sites is 1. The summed E-state index contributed by atoms with van der Waals surface area (Å²) in [5.41, 5.74) is -0.915. The largest absolute Gasteiger partial charge is 0.479 e. The number of alkyl halides is 3. The van der Waals surface area contributed by atoms with Crippen LogP contribution in [0.1, 0.15) is 18.1 Å². The molecule has 1 atom stereocenters. The number of halogens is 3. The highest BCUT2D eigenvalue weighted by Crippen LogP contribution is 2.36. The first-order chi connectivity index (χ1) is 14.8. The first-order valence-corrected chi connectivity index (χ1v) is 10.8. The van der Waals surface area contributed by atoms with E-state index in [4.69, 9.17) is 4.74 Å². The SMILES string of the molecule is Cc1cc2c(cc1S(=O)(=O)N(C)CC(=O)Nc1ccccc1C(F)(F)F)O[C@@H](C)C(=O)N2. The molecule has 32 heavy (non-hydrogen) atoms. The summed E-state index contributed by atoms with van der Waals surface area (Å²) in [5, 5.41) is 4.72. The van der Waals surface area contributed by atoms with Crippen molar-refractivity contribution in [3.05, 3.63) is 47.5 Å². The van der Waals surface area contributed by atoms with Gasteiger partial charge in [0.15, 0.2) is 6.10 Å². The third-order valence-electron chi connectivity index (χ3n) is 4.77. The second-order valence-corrected chi connectivity index (χ2v) is 9.23.